The second-order valence-corrected chi connectivity index (χ2v) is 12.9. The summed E-state index contributed by atoms with van der Waals surface area (Å²) in [4.78, 5) is 22.3. The molecule has 0 spiro atoms. The van der Waals surface area contributed by atoms with Crippen LogP contribution >= 0.6 is 7.82 Å². The number of allylic oxidation sites excluding steroid dienone is 3. The number of aliphatic hydroxyl groups excluding tert-OH is 1. The first kappa shape index (κ1) is 38.0. The maximum absolute atomic E-state index is 12.3. The van der Waals surface area contributed by atoms with Crippen LogP contribution in [0.4, 0.5) is 0 Å². The van der Waals surface area contributed by atoms with E-state index >= 15 is 0 Å². The highest BCUT2D eigenvalue weighted by atomic mass is 31.2. The lowest BCUT2D eigenvalue weighted by atomic mass is 10.1. The van der Waals surface area contributed by atoms with Crippen molar-refractivity contribution < 1.29 is 32.9 Å². The molecule has 3 unspecified atom stereocenters. The monoisotopic (exact) mass is 575 g/mol. The summed E-state index contributed by atoms with van der Waals surface area (Å²) in [7, 11) is 1.54. The highest BCUT2D eigenvalue weighted by molar-refractivity contribution is 7.47. The molecule has 230 valence electrons. The number of likely N-dealkylation sites (N-methyl/N-ethyl adjacent to an activating group) is 1. The van der Waals surface area contributed by atoms with Crippen LogP contribution < -0.4 is 5.32 Å². The number of hydrogen-bond acceptors (Lipinski definition) is 5. The summed E-state index contributed by atoms with van der Waals surface area (Å²) < 4.78 is 23.0. The van der Waals surface area contributed by atoms with Gasteiger partial charge in [-0.3, -0.25) is 13.8 Å². The molecule has 0 bridgehead atoms. The Balaban J connectivity index is 4.43. The van der Waals surface area contributed by atoms with Crippen LogP contribution in [0, 0.1) is 0 Å². The summed E-state index contributed by atoms with van der Waals surface area (Å²) in [6, 6.07) is -0.852. The number of amides is 1. The van der Waals surface area contributed by atoms with Crippen LogP contribution in [-0.4, -0.2) is 73.4 Å². The van der Waals surface area contributed by atoms with E-state index in [9.17, 15) is 19.4 Å². The second kappa shape index (κ2) is 23.7. The van der Waals surface area contributed by atoms with Gasteiger partial charge in [-0.05, 0) is 32.1 Å². The minimum absolute atomic E-state index is 0.0555. The van der Waals surface area contributed by atoms with Crippen LogP contribution in [0.25, 0.3) is 0 Å². The first-order valence-corrected chi connectivity index (χ1v) is 16.7. The van der Waals surface area contributed by atoms with Gasteiger partial charge in [-0.1, -0.05) is 95.9 Å². The molecule has 3 atom stereocenters. The van der Waals surface area contributed by atoms with Crippen LogP contribution in [0.2, 0.25) is 0 Å². The van der Waals surface area contributed by atoms with Crippen molar-refractivity contribution in [1.82, 2.24) is 5.32 Å². The van der Waals surface area contributed by atoms with Gasteiger partial charge in [0.25, 0.3) is 0 Å². The number of phosphoric acid groups is 1. The minimum atomic E-state index is -4.31. The maximum atomic E-state index is 12.3. The number of carbonyl (C=O) groups excluding carboxylic acids is 1. The van der Waals surface area contributed by atoms with Gasteiger partial charge in [0.1, 0.15) is 13.2 Å². The molecule has 3 N–H and O–H groups in total. The van der Waals surface area contributed by atoms with Crippen molar-refractivity contribution in [3.63, 3.8) is 0 Å². The first-order valence-electron chi connectivity index (χ1n) is 15.2. The molecule has 0 rings (SSSR count). The Hall–Kier alpha value is -1.02. The lowest BCUT2D eigenvalue weighted by Crippen LogP contribution is -2.45. The molecule has 0 aliphatic rings. The fourth-order valence-electron chi connectivity index (χ4n) is 3.85. The minimum Gasteiger partial charge on any atom is -0.387 e. The quantitative estimate of drug-likeness (QED) is 0.0460. The number of phosphoric ester groups is 1. The highest BCUT2D eigenvalue weighted by Gasteiger charge is 2.27. The lowest BCUT2D eigenvalue weighted by Gasteiger charge is -2.25. The van der Waals surface area contributed by atoms with E-state index in [1.165, 1.54) is 57.8 Å². The number of unbranched alkanes of at least 4 members (excludes halogenated alkanes) is 11. The third-order valence-electron chi connectivity index (χ3n) is 6.42. The van der Waals surface area contributed by atoms with Gasteiger partial charge in [0.05, 0.1) is 39.9 Å². The van der Waals surface area contributed by atoms with Gasteiger partial charge < -0.3 is 19.8 Å². The van der Waals surface area contributed by atoms with Gasteiger partial charge >= 0.3 is 7.82 Å². The number of quaternary nitrogens is 1. The maximum Gasteiger partial charge on any atom is 0.472 e. The van der Waals surface area contributed by atoms with Crippen LogP contribution in [0.15, 0.2) is 24.3 Å². The molecular weight excluding hydrogens is 515 g/mol. The first-order chi connectivity index (χ1) is 18.5. The van der Waals surface area contributed by atoms with E-state index < -0.39 is 20.0 Å². The zero-order valence-electron chi connectivity index (χ0n) is 25.6. The average molecular weight is 576 g/mol. The molecule has 0 saturated carbocycles. The molecule has 9 heteroatoms. The fourth-order valence-corrected chi connectivity index (χ4v) is 4.59. The molecule has 0 aromatic rings. The average Bonchev–Trinajstić information content (AvgIpc) is 2.86. The van der Waals surface area contributed by atoms with E-state index in [4.69, 9.17) is 9.05 Å². The van der Waals surface area contributed by atoms with Gasteiger partial charge in [-0.2, -0.15) is 0 Å². The summed E-state index contributed by atoms with van der Waals surface area (Å²) in [5, 5.41) is 13.4. The van der Waals surface area contributed by atoms with E-state index in [0.717, 1.165) is 32.1 Å². The smallest absolute Gasteiger partial charge is 0.387 e. The Morgan fingerprint density at radius 3 is 2.03 bits per heavy atom. The van der Waals surface area contributed by atoms with Crippen LogP contribution in [-0.2, 0) is 18.4 Å². The Morgan fingerprint density at radius 1 is 0.846 bits per heavy atom. The normalized spacial score (nSPS) is 15.6. The standard InChI is InChI=1S/C30H59N2O6P/c1-6-8-10-11-12-13-14-15-16-17-18-19-20-21-22-23-29(33)28(31-30(34)24-9-7-2)27-38-39(35,36)37-26-25-32(3,4)5/h18-19,22-23,28-29,33H,6-17,20-21,24-27H2,1-5H3,(H-,31,34,35,36)/p+1/b19-18+,23-22+. The van der Waals surface area contributed by atoms with E-state index in [2.05, 4.69) is 24.4 Å². The van der Waals surface area contributed by atoms with Crippen molar-refractivity contribution in [3.8, 4) is 0 Å². The Morgan fingerprint density at radius 2 is 1.41 bits per heavy atom. The van der Waals surface area contributed by atoms with E-state index in [-0.39, 0.29) is 19.1 Å². The third kappa shape index (κ3) is 25.7. The molecular formula is C30H60N2O6P+. The molecule has 0 heterocycles. The fraction of sp³-hybridized carbons (Fsp3) is 0.833. The SMILES string of the molecule is CCCCCCCCCCC/C=C/CC/C=C/C(O)C(COP(=O)(O)OCC[N+](C)(C)C)NC(=O)CCCC. The second-order valence-electron chi connectivity index (χ2n) is 11.5. The summed E-state index contributed by atoms with van der Waals surface area (Å²) in [6.07, 6.45) is 23.5. The summed E-state index contributed by atoms with van der Waals surface area (Å²) in [6.45, 7) is 4.50. The number of carbonyl (C=O) groups is 1. The van der Waals surface area contributed by atoms with Crippen molar-refractivity contribution in [2.24, 2.45) is 0 Å². The van der Waals surface area contributed by atoms with Crippen molar-refractivity contribution in [3.05, 3.63) is 24.3 Å². The summed E-state index contributed by atoms with van der Waals surface area (Å²) >= 11 is 0. The van der Waals surface area contributed by atoms with Gasteiger partial charge in [0.15, 0.2) is 0 Å². The van der Waals surface area contributed by atoms with Crippen LogP contribution in [0.1, 0.15) is 110 Å². The summed E-state index contributed by atoms with van der Waals surface area (Å²) in [5.41, 5.74) is 0. The summed E-state index contributed by atoms with van der Waals surface area (Å²) in [5.74, 6) is -0.226. The Bertz CT molecular complexity index is 708. The van der Waals surface area contributed by atoms with Crippen LogP contribution in [0.3, 0.4) is 0 Å². The Labute approximate surface area is 239 Å². The molecule has 0 radical (unpaired) electrons. The molecule has 0 fully saturated rings. The Kier molecular flexibility index (Phi) is 23.0. The largest absolute Gasteiger partial charge is 0.472 e. The number of nitrogens with zero attached hydrogens (tertiary/aromatic N) is 1. The molecule has 0 aromatic carbocycles. The van der Waals surface area contributed by atoms with Crippen molar-refractivity contribution in [2.45, 2.75) is 122 Å². The van der Waals surface area contributed by atoms with Crippen molar-refractivity contribution in [1.29, 1.82) is 0 Å². The highest BCUT2D eigenvalue weighted by Crippen LogP contribution is 2.43. The molecule has 0 aliphatic carbocycles. The van der Waals surface area contributed by atoms with E-state index in [0.29, 0.717) is 17.4 Å². The zero-order chi connectivity index (χ0) is 29.4. The van der Waals surface area contributed by atoms with Crippen molar-refractivity contribution in [2.75, 3.05) is 40.9 Å². The molecule has 1 amide bonds. The molecule has 8 nitrogen and oxygen atoms in total. The third-order valence-corrected chi connectivity index (χ3v) is 7.41. The topological polar surface area (TPSA) is 105 Å². The zero-order valence-corrected chi connectivity index (χ0v) is 26.5. The lowest BCUT2D eigenvalue weighted by molar-refractivity contribution is -0.870. The van der Waals surface area contributed by atoms with Gasteiger partial charge in [0.2, 0.25) is 5.91 Å². The van der Waals surface area contributed by atoms with E-state index in [1.807, 2.05) is 34.1 Å². The predicted octanol–water partition coefficient (Wildman–Crippen LogP) is 6.68. The molecule has 0 aliphatic heterocycles. The number of aliphatic hydroxyl groups is 1. The number of hydrogen-bond donors (Lipinski definition) is 3. The number of nitrogens with one attached hydrogen (secondary N) is 1. The number of rotatable bonds is 26. The van der Waals surface area contributed by atoms with Gasteiger partial charge in [-0.25, -0.2) is 4.57 Å². The van der Waals surface area contributed by atoms with Crippen LogP contribution in [0.5, 0.6) is 0 Å². The van der Waals surface area contributed by atoms with Crippen molar-refractivity contribution >= 4 is 13.7 Å². The van der Waals surface area contributed by atoms with E-state index in [1.54, 1.807) is 6.08 Å². The molecule has 0 aromatic heterocycles. The molecule has 0 saturated heterocycles. The van der Waals surface area contributed by atoms with Gasteiger partial charge in [0, 0.05) is 6.42 Å². The molecule has 39 heavy (non-hydrogen) atoms. The van der Waals surface area contributed by atoms with Gasteiger partial charge in [-0.15, -0.1) is 0 Å². The predicted molar refractivity (Wildman–Crippen MR) is 161 cm³/mol.